The Kier molecular flexibility index (Phi) is 3.65. The zero-order valence-electron chi connectivity index (χ0n) is 11.2. The molecule has 0 bridgehead atoms. The quantitative estimate of drug-likeness (QED) is 0.793. The van der Waals surface area contributed by atoms with Crippen molar-refractivity contribution in [3.05, 3.63) is 71.3 Å². The van der Waals surface area contributed by atoms with Gasteiger partial charge in [-0.15, -0.1) is 0 Å². The van der Waals surface area contributed by atoms with Crippen LogP contribution in [0.1, 0.15) is 10.4 Å². The minimum absolute atomic E-state index is 0.0281. The number of hydrogen-bond acceptors (Lipinski definition) is 2. The van der Waals surface area contributed by atoms with E-state index in [0.717, 1.165) is 11.1 Å². The highest BCUT2D eigenvalue weighted by Crippen LogP contribution is 2.23. The highest BCUT2D eigenvalue weighted by molar-refractivity contribution is 6.30. The van der Waals surface area contributed by atoms with Crippen LogP contribution in [0.3, 0.4) is 0 Å². The van der Waals surface area contributed by atoms with Gasteiger partial charge in [-0.05, 0) is 35.9 Å². The number of carboxylic acids is 1. The summed E-state index contributed by atoms with van der Waals surface area (Å²) in [7, 11) is 0. The van der Waals surface area contributed by atoms with Gasteiger partial charge in [-0.25, -0.2) is 13.9 Å². The van der Waals surface area contributed by atoms with E-state index in [2.05, 4.69) is 5.10 Å². The number of nitrogens with zero attached hydrogens (tertiary/aromatic N) is 2. The number of aromatic carboxylic acids is 1. The van der Waals surface area contributed by atoms with Gasteiger partial charge in [0.2, 0.25) is 0 Å². The second-order valence-electron chi connectivity index (χ2n) is 4.65. The summed E-state index contributed by atoms with van der Waals surface area (Å²) in [6.45, 7) is 0. The molecular weight excluding hydrogens is 307 g/mol. The molecule has 1 aromatic heterocycles. The molecule has 0 amide bonds. The molecule has 0 saturated carbocycles. The van der Waals surface area contributed by atoms with Crippen molar-refractivity contribution in [3.8, 4) is 16.8 Å². The van der Waals surface area contributed by atoms with Crippen molar-refractivity contribution in [3.63, 3.8) is 0 Å². The highest BCUT2D eigenvalue weighted by atomic mass is 35.5. The Hall–Kier alpha value is -2.66. The summed E-state index contributed by atoms with van der Waals surface area (Å²) < 4.78 is 14.8. The van der Waals surface area contributed by atoms with Crippen molar-refractivity contribution >= 4 is 17.6 Å². The lowest BCUT2D eigenvalue weighted by Crippen LogP contribution is -1.95. The van der Waals surface area contributed by atoms with Crippen LogP contribution in [0.2, 0.25) is 5.02 Å². The standard InChI is InChI=1S/C16H10ClFN2O2/c17-14-7-13(5-6-15(14)18)20-9-12(8-19-20)10-1-3-11(4-2-10)16(21)22/h1-9H,(H,21,22). The van der Waals surface area contributed by atoms with E-state index in [9.17, 15) is 9.18 Å². The van der Waals surface area contributed by atoms with E-state index in [-0.39, 0.29) is 10.6 Å². The van der Waals surface area contributed by atoms with Gasteiger partial charge in [0.1, 0.15) is 5.82 Å². The topological polar surface area (TPSA) is 55.1 Å². The third-order valence-electron chi connectivity index (χ3n) is 3.22. The van der Waals surface area contributed by atoms with Crippen LogP contribution < -0.4 is 0 Å². The molecule has 0 saturated heterocycles. The molecule has 4 nitrogen and oxygen atoms in total. The van der Waals surface area contributed by atoms with Gasteiger partial charge < -0.3 is 5.11 Å². The molecule has 0 atom stereocenters. The number of carbonyl (C=O) groups is 1. The third kappa shape index (κ3) is 2.71. The molecule has 22 heavy (non-hydrogen) atoms. The molecule has 0 radical (unpaired) electrons. The first-order valence-electron chi connectivity index (χ1n) is 6.38. The van der Waals surface area contributed by atoms with E-state index in [1.807, 2.05) is 0 Å². The van der Waals surface area contributed by atoms with E-state index >= 15 is 0 Å². The lowest BCUT2D eigenvalue weighted by atomic mass is 10.1. The predicted octanol–water partition coefficient (Wildman–Crippen LogP) is 4.03. The summed E-state index contributed by atoms with van der Waals surface area (Å²) in [5.41, 5.74) is 2.52. The first-order chi connectivity index (χ1) is 10.5. The molecule has 0 aliphatic heterocycles. The molecule has 1 N–H and O–H groups in total. The Morgan fingerprint density at radius 2 is 1.86 bits per heavy atom. The maximum absolute atomic E-state index is 13.2. The molecule has 110 valence electrons. The van der Waals surface area contributed by atoms with Gasteiger partial charge in [0.05, 0.1) is 22.5 Å². The summed E-state index contributed by atoms with van der Waals surface area (Å²) in [6.07, 6.45) is 3.41. The van der Waals surface area contributed by atoms with Crippen LogP contribution in [0.4, 0.5) is 4.39 Å². The minimum Gasteiger partial charge on any atom is -0.478 e. The first-order valence-corrected chi connectivity index (χ1v) is 6.76. The molecule has 3 aromatic rings. The Labute approximate surface area is 130 Å². The predicted molar refractivity (Wildman–Crippen MR) is 80.9 cm³/mol. The Morgan fingerprint density at radius 1 is 1.14 bits per heavy atom. The number of hydrogen-bond donors (Lipinski definition) is 1. The zero-order chi connectivity index (χ0) is 15.7. The van der Waals surface area contributed by atoms with Gasteiger partial charge in [0.25, 0.3) is 0 Å². The Bertz CT molecular complexity index is 844. The average Bonchev–Trinajstić information content (AvgIpc) is 3.00. The smallest absolute Gasteiger partial charge is 0.335 e. The van der Waals surface area contributed by atoms with Gasteiger partial charge in [-0.2, -0.15) is 5.10 Å². The Morgan fingerprint density at radius 3 is 2.50 bits per heavy atom. The summed E-state index contributed by atoms with van der Waals surface area (Å²) in [6, 6.07) is 10.8. The monoisotopic (exact) mass is 316 g/mol. The molecular formula is C16H10ClFN2O2. The Balaban J connectivity index is 1.93. The van der Waals surface area contributed by atoms with Gasteiger partial charge in [0.15, 0.2) is 0 Å². The van der Waals surface area contributed by atoms with Crippen molar-refractivity contribution in [2.45, 2.75) is 0 Å². The van der Waals surface area contributed by atoms with Crippen molar-refractivity contribution in [2.75, 3.05) is 0 Å². The van der Waals surface area contributed by atoms with Crippen LogP contribution in [0, 0.1) is 5.82 Å². The van der Waals surface area contributed by atoms with Crippen molar-refractivity contribution in [1.82, 2.24) is 9.78 Å². The molecule has 3 rings (SSSR count). The van der Waals surface area contributed by atoms with Gasteiger partial charge in [0, 0.05) is 11.8 Å². The number of halogens is 2. The normalized spacial score (nSPS) is 10.6. The largest absolute Gasteiger partial charge is 0.478 e. The summed E-state index contributed by atoms with van der Waals surface area (Å²) in [4.78, 5) is 10.8. The number of benzene rings is 2. The fourth-order valence-corrected chi connectivity index (χ4v) is 2.22. The molecule has 0 spiro atoms. The van der Waals surface area contributed by atoms with Crippen molar-refractivity contribution in [1.29, 1.82) is 0 Å². The van der Waals surface area contributed by atoms with Crippen molar-refractivity contribution in [2.24, 2.45) is 0 Å². The van der Waals surface area contributed by atoms with Crippen LogP contribution in [0.25, 0.3) is 16.8 Å². The van der Waals surface area contributed by atoms with E-state index in [4.69, 9.17) is 16.7 Å². The van der Waals surface area contributed by atoms with Crippen LogP contribution in [0.15, 0.2) is 54.9 Å². The molecule has 0 aliphatic carbocycles. The fraction of sp³-hybridized carbons (Fsp3) is 0. The molecule has 0 aliphatic rings. The van der Waals surface area contributed by atoms with Crippen LogP contribution in [0.5, 0.6) is 0 Å². The van der Waals surface area contributed by atoms with Crippen molar-refractivity contribution < 1.29 is 14.3 Å². The maximum atomic E-state index is 13.2. The lowest BCUT2D eigenvalue weighted by Gasteiger charge is -2.02. The van der Waals surface area contributed by atoms with E-state index in [1.54, 1.807) is 35.3 Å². The number of aromatic nitrogens is 2. The van der Waals surface area contributed by atoms with Gasteiger partial charge in [-0.1, -0.05) is 23.7 Å². The van der Waals surface area contributed by atoms with E-state index in [1.165, 1.54) is 24.3 Å². The summed E-state index contributed by atoms with van der Waals surface area (Å²) >= 11 is 5.76. The first kappa shape index (κ1) is 14.3. The SMILES string of the molecule is O=C(O)c1ccc(-c2cnn(-c3ccc(F)c(Cl)c3)c2)cc1. The number of rotatable bonds is 3. The van der Waals surface area contributed by atoms with Crippen LogP contribution in [-0.2, 0) is 0 Å². The molecule has 6 heteroatoms. The second-order valence-corrected chi connectivity index (χ2v) is 5.06. The summed E-state index contributed by atoms with van der Waals surface area (Å²) in [5, 5.41) is 13.1. The van der Waals surface area contributed by atoms with Crippen LogP contribution in [-0.4, -0.2) is 20.9 Å². The third-order valence-corrected chi connectivity index (χ3v) is 3.51. The highest BCUT2D eigenvalue weighted by Gasteiger charge is 2.07. The molecule has 0 fully saturated rings. The summed E-state index contributed by atoms with van der Waals surface area (Å²) in [5.74, 6) is -1.45. The number of carboxylic acid groups (broad SMARTS) is 1. The maximum Gasteiger partial charge on any atom is 0.335 e. The zero-order valence-corrected chi connectivity index (χ0v) is 12.0. The fourth-order valence-electron chi connectivity index (χ4n) is 2.05. The minimum atomic E-state index is -0.969. The average molecular weight is 317 g/mol. The lowest BCUT2D eigenvalue weighted by molar-refractivity contribution is 0.0697. The molecule has 2 aromatic carbocycles. The van der Waals surface area contributed by atoms with Gasteiger partial charge >= 0.3 is 5.97 Å². The second kappa shape index (κ2) is 5.61. The van der Waals surface area contributed by atoms with E-state index in [0.29, 0.717) is 5.69 Å². The molecule has 1 heterocycles. The van der Waals surface area contributed by atoms with Crippen LogP contribution >= 0.6 is 11.6 Å². The molecule has 0 unspecified atom stereocenters. The van der Waals surface area contributed by atoms with Gasteiger partial charge in [-0.3, -0.25) is 0 Å². The van der Waals surface area contributed by atoms with E-state index < -0.39 is 11.8 Å².